The minimum absolute atomic E-state index is 0. The van der Waals surface area contributed by atoms with Gasteiger partial charge in [-0.05, 0) is 57.3 Å². The lowest BCUT2D eigenvalue weighted by Crippen LogP contribution is -2.45. The van der Waals surface area contributed by atoms with Gasteiger partial charge in [0, 0.05) is 13.1 Å². The Morgan fingerprint density at radius 3 is 2.62 bits per heavy atom. The molecule has 1 N–H and O–H groups in total. The summed E-state index contributed by atoms with van der Waals surface area (Å²) in [5.41, 5.74) is 0. The van der Waals surface area contributed by atoms with Crippen LogP contribution in [0.4, 0.5) is 0 Å². The van der Waals surface area contributed by atoms with Crippen molar-refractivity contribution in [3.05, 3.63) is 29.3 Å². The number of carbonyl (C=O) groups excluding carboxylic acids is 1. The molecule has 1 unspecified atom stereocenters. The first-order valence-corrected chi connectivity index (χ1v) is 8.88. The third-order valence-corrected chi connectivity index (χ3v) is 4.79. The molecule has 6 heteroatoms. The van der Waals surface area contributed by atoms with Gasteiger partial charge in [-0.15, -0.1) is 12.4 Å². The molecule has 24 heavy (non-hydrogen) atoms. The van der Waals surface area contributed by atoms with Crippen LogP contribution >= 0.6 is 24.0 Å². The van der Waals surface area contributed by atoms with Gasteiger partial charge in [-0.3, -0.25) is 4.79 Å². The summed E-state index contributed by atoms with van der Waals surface area (Å²) in [5, 5.41) is 3.74. The number of nitrogens with one attached hydrogen (secondary N) is 1. The van der Waals surface area contributed by atoms with Gasteiger partial charge in [0.05, 0.1) is 5.02 Å². The Hall–Kier alpha value is -0.970. The number of rotatable bonds is 7. The van der Waals surface area contributed by atoms with Crippen LogP contribution in [0.25, 0.3) is 0 Å². The van der Waals surface area contributed by atoms with Crippen LogP contribution in [0, 0.1) is 5.92 Å². The van der Waals surface area contributed by atoms with Crippen LogP contribution in [0.5, 0.6) is 5.75 Å². The summed E-state index contributed by atoms with van der Waals surface area (Å²) in [4.78, 5) is 14.7. The van der Waals surface area contributed by atoms with E-state index in [9.17, 15) is 4.79 Å². The van der Waals surface area contributed by atoms with E-state index in [2.05, 4.69) is 5.32 Å². The summed E-state index contributed by atoms with van der Waals surface area (Å²) in [6, 6.07) is 7.31. The number of hydrogen-bond donors (Lipinski definition) is 1. The molecule has 0 saturated carbocycles. The minimum atomic E-state index is -0.455. The number of piperidine rings is 1. The van der Waals surface area contributed by atoms with Crippen LogP contribution in [-0.2, 0) is 4.79 Å². The van der Waals surface area contributed by atoms with Crippen LogP contribution in [0.1, 0.15) is 32.6 Å². The van der Waals surface area contributed by atoms with Gasteiger partial charge in [0.2, 0.25) is 0 Å². The molecule has 2 rings (SSSR count). The highest BCUT2D eigenvalue weighted by molar-refractivity contribution is 6.32. The van der Waals surface area contributed by atoms with E-state index in [4.69, 9.17) is 16.3 Å². The maximum Gasteiger partial charge on any atom is 0.263 e. The molecule has 1 saturated heterocycles. The first kappa shape index (κ1) is 21.1. The first-order valence-electron chi connectivity index (χ1n) is 8.50. The van der Waals surface area contributed by atoms with E-state index in [0.717, 1.165) is 38.4 Å². The van der Waals surface area contributed by atoms with E-state index in [1.807, 2.05) is 37.1 Å². The Balaban J connectivity index is 0.00000288. The number of carbonyl (C=O) groups is 1. The average Bonchev–Trinajstić information content (AvgIpc) is 2.59. The highest BCUT2D eigenvalue weighted by Crippen LogP contribution is 2.26. The molecule has 0 aromatic heterocycles. The molecular weight excluding hydrogens is 347 g/mol. The molecule has 1 fully saturated rings. The smallest absolute Gasteiger partial charge is 0.263 e. The molecule has 0 radical (unpaired) electrons. The van der Waals surface area contributed by atoms with Gasteiger partial charge < -0.3 is 15.0 Å². The largest absolute Gasteiger partial charge is 0.479 e. The minimum Gasteiger partial charge on any atom is -0.479 e. The fourth-order valence-corrected chi connectivity index (χ4v) is 3.18. The molecule has 4 nitrogen and oxygen atoms in total. The molecule has 136 valence electrons. The molecule has 1 atom stereocenters. The van der Waals surface area contributed by atoms with Gasteiger partial charge in [-0.25, -0.2) is 0 Å². The lowest BCUT2D eigenvalue weighted by atomic mass is 9.93. The summed E-state index contributed by atoms with van der Waals surface area (Å²) in [6.45, 7) is 4.68. The molecule has 0 aliphatic carbocycles. The molecule has 1 aliphatic heterocycles. The second-order valence-electron chi connectivity index (χ2n) is 6.11. The summed E-state index contributed by atoms with van der Waals surface area (Å²) < 4.78 is 5.87. The second kappa shape index (κ2) is 10.8. The van der Waals surface area contributed by atoms with E-state index < -0.39 is 6.10 Å². The van der Waals surface area contributed by atoms with Crippen molar-refractivity contribution in [1.29, 1.82) is 0 Å². The van der Waals surface area contributed by atoms with Crippen molar-refractivity contribution in [2.75, 3.05) is 26.7 Å². The fraction of sp³-hybridized carbons (Fsp3) is 0.611. The fourth-order valence-electron chi connectivity index (χ4n) is 3.00. The molecule has 1 heterocycles. The maximum atomic E-state index is 12.7. The number of likely N-dealkylation sites (tertiary alicyclic amines) is 1. The van der Waals surface area contributed by atoms with Crippen LogP contribution in [0.2, 0.25) is 5.02 Å². The number of ether oxygens (including phenoxy) is 1. The number of para-hydroxylation sites is 1. The van der Waals surface area contributed by atoms with Gasteiger partial charge in [0.25, 0.3) is 5.91 Å². The van der Waals surface area contributed by atoms with Crippen molar-refractivity contribution in [2.45, 2.75) is 38.7 Å². The lowest BCUT2D eigenvalue weighted by Gasteiger charge is -2.34. The average molecular weight is 375 g/mol. The van der Waals surface area contributed by atoms with Gasteiger partial charge >= 0.3 is 0 Å². The number of halogens is 2. The zero-order valence-corrected chi connectivity index (χ0v) is 16.0. The number of benzene rings is 1. The third kappa shape index (κ3) is 5.83. The predicted octanol–water partition coefficient (Wildman–Crippen LogP) is 3.77. The maximum absolute atomic E-state index is 12.7. The van der Waals surface area contributed by atoms with Crippen molar-refractivity contribution < 1.29 is 9.53 Å². The highest BCUT2D eigenvalue weighted by atomic mass is 35.5. The number of hydrogen-bond acceptors (Lipinski definition) is 3. The Bertz CT molecular complexity index is 506. The van der Waals surface area contributed by atoms with Gasteiger partial charge in [0.1, 0.15) is 5.75 Å². The van der Waals surface area contributed by atoms with Crippen LogP contribution in [0.15, 0.2) is 24.3 Å². The zero-order chi connectivity index (χ0) is 16.7. The molecule has 1 aromatic rings. The molecule has 1 aliphatic rings. The van der Waals surface area contributed by atoms with E-state index in [1.54, 1.807) is 6.07 Å². The first-order chi connectivity index (χ1) is 11.2. The van der Waals surface area contributed by atoms with Crippen LogP contribution < -0.4 is 10.1 Å². The predicted molar refractivity (Wildman–Crippen MR) is 101 cm³/mol. The van der Waals surface area contributed by atoms with Gasteiger partial charge in [0.15, 0.2) is 6.10 Å². The van der Waals surface area contributed by atoms with E-state index in [-0.39, 0.29) is 18.3 Å². The Morgan fingerprint density at radius 1 is 1.38 bits per heavy atom. The van der Waals surface area contributed by atoms with Crippen molar-refractivity contribution in [2.24, 2.45) is 5.92 Å². The monoisotopic (exact) mass is 374 g/mol. The normalized spacial score (nSPS) is 16.4. The summed E-state index contributed by atoms with van der Waals surface area (Å²) in [6.07, 6.45) is 3.53. The summed E-state index contributed by atoms with van der Waals surface area (Å²) >= 11 is 6.13. The third-order valence-electron chi connectivity index (χ3n) is 4.48. The van der Waals surface area contributed by atoms with E-state index in [1.165, 1.54) is 6.42 Å². The van der Waals surface area contributed by atoms with Crippen molar-refractivity contribution >= 4 is 29.9 Å². The van der Waals surface area contributed by atoms with E-state index in [0.29, 0.717) is 17.2 Å². The molecule has 0 spiro atoms. The SMILES string of the molecule is CCC(Oc1ccccc1Cl)C(=O)N1CCC(CCNC)CC1.Cl. The van der Waals surface area contributed by atoms with Gasteiger partial charge in [-0.1, -0.05) is 30.7 Å². The van der Waals surface area contributed by atoms with Crippen molar-refractivity contribution in [3.8, 4) is 5.75 Å². The molecule has 1 aromatic carbocycles. The second-order valence-corrected chi connectivity index (χ2v) is 6.51. The summed E-state index contributed by atoms with van der Waals surface area (Å²) in [7, 11) is 1.98. The van der Waals surface area contributed by atoms with Crippen molar-refractivity contribution in [3.63, 3.8) is 0 Å². The van der Waals surface area contributed by atoms with Crippen LogP contribution in [0.3, 0.4) is 0 Å². The Kier molecular flexibility index (Phi) is 9.49. The molecular formula is C18H28Cl2N2O2. The number of amides is 1. The quantitative estimate of drug-likeness (QED) is 0.789. The zero-order valence-electron chi connectivity index (χ0n) is 14.5. The lowest BCUT2D eigenvalue weighted by molar-refractivity contribution is -0.140. The van der Waals surface area contributed by atoms with Crippen LogP contribution in [-0.4, -0.2) is 43.6 Å². The van der Waals surface area contributed by atoms with Crippen molar-refractivity contribution in [1.82, 2.24) is 10.2 Å². The number of nitrogens with zero attached hydrogens (tertiary/aromatic N) is 1. The topological polar surface area (TPSA) is 41.6 Å². The summed E-state index contributed by atoms with van der Waals surface area (Å²) in [5.74, 6) is 1.38. The Morgan fingerprint density at radius 2 is 2.04 bits per heavy atom. The Labute approximate surface area is 156 Å². The highest BCUT2D eigenvalue weighted by Gasteiger charge is 2.28. The van der Waals surface area contributed by atoms with Gasteiger partial charge in [-0.2, -0.15) is 0 Å². The van der Waals surface area contributed by atoms with E-state index >= 15 is 0 Å². The molecule has 1 amide bonds. The molecule has 0 bridgehead atoms. The standard InChI is InChI=1S/C18H27ClN2O2.ClH/c1-3-16(23-17-7-5-4-6-15(17)19)18(22)21-12-9-14(10-13-21)8-11-20-2;/h4-7,14,16,20H,3,8-13H2,1-2H3;1H.